The number of rotatable bonds is 6. The second-order valence-electron chi connectivity index (χ2n) is 4.96. The van der Waals surface area contributed by atoms with E-state index in [1.54, 1.807) is 45.4 Å². The quantitative estimate of drug-likeness (QED) is 0.859. The zero-order valence-electron chi connectivity index (χ0n) is 13.3. The van der Waals surface area contributed by atoms with Crippen LogP contribution in [0.25, 0.3) is 0 Å². The first kappa shape index (κ1) is 16.6. The number of aryl methyl sites for hydroxylation is 1. The zero-order valence-corrected chi connectivity index (χ0v) is 13.3. The Bertz CT molecular complexity index is 682. The van der Waals surface area contributed by atoms with Crippen molar-refractivity contribution < 1.29 is 18.7 Å². The molecule has 23 heavy (non-hydrogen) atoms. The molecule has 2 N–H and O–H groups in total. The van der Waals surface area contributed by atoms with Gasteiger partial charge in [-0.3, -0.25) is 4.79 Å². The van der Waals surface area contributed by atoms with Gasteiger partial charge in [-0.1, -0.05) is 0 Å². The van der Waals surface area contributed by atoms with E-state index in [1.165, 1.54) is 12.1 Å². The maximum atomic E-state index is 13.0. The van der Waals surface area contributed by atoms with E-state index in [4.69, 9.17) is 9.47 Å². The first-order valence-electron chi connectivity index (χ1n) is 7.05. The molecule has 2 rings (SSSR count). The summed E-state index contributed by atoms with van der Waals surface area (Å²) in [6.07, 6.45) is 0. The lowest BCUT2D eigenvalue weighted by atomic mass is 10.2. The highest BCUT2D eigenvalue weighted by Gasteiger charge is 2.07. The summed E-state index contributed by atoms with van der Waals surface area (Å²) in [5.74, 6) is 0.633. The van der Waals surface area contributed by atoms with E-state index in [0.29, 0.717) is 22.9 Å². The Kier molecular flexibility index (Phi) is 5.41. The van der Waals surface area contributed by atoms with E-state index in [2.05, 4.69) is 10.6 Å². The number of carbonyl (C=O) groups is 1. The van der Waals surface area contributed by atoms with Gasteiger partial charge in [0.1, 0.15) is 17.3 Å². The normalized spacial score (nSPS) is 10.1. The second-order valence-corrected chi connectivity index (χ2v) is 4.96. The van der Waals surface area contributed by atoms with E-state index in [0.717, 1.165) is 5.56 Å². The Balaban J connectivity index is 1.99. The summed E-state index contributed by atoms with van der Waals surface area (Å²) in [4.78, 5) is 12.0. The first-order chi connectivity index (χ1) is 11.0. The molecule has 0 fully saturated rings. The largest absolute Gasteiger partial charge is 0.497 e. The highest BCUT2D eigenvalue weighted by molar-refractivity contribution is 5.94. The predicted molar refractivity (Wildman–Crippen MR) is 87.8 cm³/mol. The smallest absolute Gasteiger partial charge is 0.243 e. The van der Waals surface area contributed by atoms with Crippen molar-refractivity contribution in [3.05, 3.63) is 47.8 Å². The van der Waals surface area contributed by atoms with Crippen LogP contribution in [0, 0.1) is 12.7 Å². The van der Waals surface area contributed by atoms with Gasteiger partial charge in [-0.05, 0) is 30.7 Å². The molecular formula is C17H19FN2O3. The van der Waals surface area contributed by atoms with Crippen molar-refractivity contribution in [1.29, 1.82) is 0 Å². The number of benzene rings is 2. The molecule has 1 amide bonds. The van der Waals surface area contributed by atoms with Gasteiger partial charge < -0.3 is 20.1 Å². The fourth-order valence-electron chi connectivity index (χ4n) is 2.09. The molecule has 0 aliphatic rings. The lowest BCUT2D eigenvalue weighted by Crippen LogP contribution is -2.22. The molecule has 2 aromatic rings. The average Bonchev–Trinajstić information content (AvgIpc) is 2.53. The van der Waals surface area contributed by atoms with Crippen LogP contribution in [-0.4, -0.2) is 26.7 Å². The maximum Gasteiger partial charge on any atom is 0.243 e. The number of nitrogens with one attached hydrogen (secondary N) is 2. The average molecular weight is 318 g/mol. The van der Waals surface area contributed by atoms with E-state index in [1.807, 2.05) is 0 Å². The number of anilines is 2. The Morgan fingerprint density at radius 3 is 2.30 bits per heavy atom. The van der Waals surface area contributed by atoms with Crippen LogP contribution in [0.5, 0.6) is 11.5 Å². The van der Waals surface area contributed by atoms with Crippen molar-refractivity contribution in [2.45, 2.75) is 6.92 Å². The van der Waals surface area contributed by atoms with Crippen molar-refractivity contribution in [3.8, 4) is 11.5 Å². The minimum absolute atomic E-state index is 0.0615. The summed E-state index contributed by atoms with van der Waals surface area (Å²) in [5, 5.41) is 5.73. The molecule has 0 radical (unpaired) electrons. The van der Waals surface area contributed by atoms with Crippen molar-refractivity contribution in [1.82, 2.24) is 0 Å². The van der Waals surface area contributed by atoms with Gasteiger partial charge in [0.15, 0.2) is 0 Å². The summed E-state index contributed by atoms with van der Waals surface area (Å²) in [5.41, 5.74) is 2.02. The highest BCUT2D eigenvalue weighted by Crippen LogP contribution is 2.25. The molecule has 0 unspecified atom stereocenters. The topological polar surface area (TPSA) is 59.6 Å². The van der Waals surface area contributed by atoms with Crippen LogP contribution in [0.15, 0.2) is 36.4 Å². The van der Waals surface area contributed by atoms with Gasteiger partial charge in [0.05, 0.1) is 20.8 Å². The fraction of sp³-hybridized carbons (Fsp3) is 0.235. The molecule has 0 aliphatic heterocycles. The standard InChI is InChI=1S/C17H19FN2O3/c1-11-6-12(18)4-5-16(11)19-10-17(21)20-13-7-14(22-2)9-15(8-13)23-3/h4-9,19H,10H2,1-3H3,(H,20,21). The van der Waals surface area contributed by atoms with Crippen LogP contribution in [0.1, 0.15) is 5.56 Å². The molecule has 0 atom stereocenters. The summed E-state index contributed by atoms with van der Waals surface area (Å²) in [6, 6.07) is 9.47. The van der Waals surface area contributed by atoms with E-state index in [9.17, 15) is 9.18 Å². The molecule has 0 aliphatic carbocycles. The molecule has 122 valence electrons. The summed E-state index contributed by atoms with van der Waals surface area (Å²) in [7, 11) is 3.08. The van der Waals surface area contributed by atoms with Crippen LogP contribution in [-0.2, 0) is 4.79 Å². The van der Waals surface area contributed by atoms with Gasteiger partial charge in [-0.2, -0.15) is 0 Å². The molecule has 0 bridgehead atoms. The zero-order chi connectivity index (χ0) is 16.8. The van der Waals surface area contributed by atoms with Gasteiger partial charge in [-0.25, -0.2) is 4.39 Å². The third-order valence-corrected chi connectivity index (χ3v) is 3.26. The Morgan fingerprint density at radius 1 is 1.09 bits per heavy atom. The summed E-state index contributed by atoms with van der Waals surface area (Å²) < 4.78 is 23.4. The third kappa shape index (κ3) is 4.60. The fourth-order valence-corrected chi connectivity index (χ4v) is 2.09. The first-order valence-corrected chi connectivity index (χ1v) is 7.05. The molecular weight excluding hydrogens is 299 g/mol. The van der Waals surface area contributed by atoms with Crippen LogP contribution >= 0.6 is 0 Å². The number of halogens is 1. The van der Waals surface area contributed by atoms with Gasteiger partial charge in [-0.15, -0.1) is 0 Å². The Morgan fingerprint density at radius 2 is 1.74 bits per heavy atom. The van der Waals surface area contributed by atoms with Crippen LogP contribution < -0.4 is 20.1 Å². The Hall–Kier alpha value is -2.76. The van der Waals surface area contributed by atoms with Gasteiger partial charge in [0.2, 0.25) is 5.91 Å². The van der Waals surface area contributed by atoms with Gasteiger partial charge in [0, 0.05) is 29.6 Å². The van der Waals surface area contributed by atoms with Crippen LogP contribution in [0.4, 0.5) is 15.8 Å². The second kappa shape index (κ2) is 7.49. The summed E-state index contributed by atoms with van der Waals surface area (Å²) >= 11 is 0. The number of amides is 1. The Labute approximate surface area is 134 Å². The van der Waals surface area contributed by atoms with Crippen molar-refractivity contribution in [3.63, 3.8) is 0 Å². The molecule has 6 heteroatoms. The van der Waals surface area contributed by atoms with Crippen LogP contribution in [0.3, 0.4) is 0 Å². The van der Waals surface area contributed by atoms with Gasteiger partial charge in [0.25, 0.3) is 0 Å². The highest BCUT2D eigenvalue weighted by atomic mass is 19.1. The van der Waals surface area contributed by atoms with Gasteiger partial charge >= 0.3 is 0 Å². The number of hydrogen-bond donors (Lipinski definition) is 2. The van der Waals surface area contributed by atoms with E-state index in [-0.39, 0.29) is 18.3 Å². The lowest BCUT2D eigenvalue weighted by Gasteiger charge is -2.12. The number of carbonyl (C=O) groups excluding carboxylic acids is 1. The molecule has 5 nitrogen and oxygen atoms in total. The SMILES string of the molecule is COc1cc(NC(=O)CNc2ccc(F)cc2C)cc(OC)c1. The van der Waals surface area contributed by atoms with E-state index >= 15 is 0 Å². The number of hydrogen-bond acceptors (Lipinski definition) is 4. The number of ether oxygens (including phenoxy) is 2. The monoisotopic (exact) mass is 318 g/mol. The molecule has 0 spiro atoms. The molecule has 0 heterocycles. The van der Waals surface area contributed by atoms with Crippen molar-refractivity contribution >= 4 is 17.3 Å². The molecule has 0 saturated carbocycles. The van der Waals surface area contributed by atoms with Crippen molar-refractivity contribution in [2.24, 2.45) is 0 Å². The van der Waals surface area contributed by atoms with E-state index < -0.39 is 0 Å². The minimum Gasteiger partial charge on any atom is -0.497 e. The number of methoxy groups -OCH3 is 2. The maximum absolute atomic E-state index is 13.0. The molecule has 0 saturated heterocycles. The third-order valence-electron chi connectivity index (χ3n) is 3.26. The minimum atomic E-state index is -0.305. The lowest BCUT2D eigenvalue weighted by molar-refractivity contribution is -0.114. The summed E-state index contributed by atoms with van der Waals surface area (Å²) in [6.45, 7) is 1.84. The van der Waals surface area contributed by atoms with Crippen LogP contribution in [0.2, 0.25) is 0 Å². The molecule has 2 aromatic carbocycles. The predicted octanol–water partition coefficient (Wildman–Crippen LogP) is 3.20. The molecule has 0 aromatic heterocycles. The van der Waals surface area contributed by atoms with Crippen molar-refractivity contribution in [2.75, 3.05) is 31.4 Å².